The lowest BCUT2D eigenvalue weighted by Crippen LogP contribution is -2.29. The second-order valence-electron chi connectivity index (χ2n) is 5.49. The number of ether oxygens (including phenoxy) is 2. The van der Waals surface area contributed by atoms with Crippen LogP contribution in [0.25, 0.3) is 10.8 Å². The third-order valence-corrected chi connectivity index (χ3v) is 3.76. The summed E-state index contributed by atoms with van der Waals surface area (Å²) in [6, 6.07) is 10.8. The van der Waals surface area contributed by atoms with Crippen molar-refractivity contribution in [1.82, 2.24) is 5.32 Å². The van der Waals surface area contributed by atoms with Crippen molar-refractivity contribution in [2.24, 2.45) is 0 Å². The van der Waals surface area contributed by atoms with Crippen LogP contribution in [-0.2, 0) is 9.53 Å². The Hall–Kier alpha value is -2.56. The van der Waals surface area contributed by atoms with Crippen molar-refractivity contribution in [3.63, 3.8) is 0 Å². The van der Waals surface area contributed by atoms with Gasteiger partial charge in [0.1, 0.15) is 5.75 Å². The number of esters is 1. The summed E-state index contributed by atoms with van der Waals surface area (Å²) in [6.45, 7) is 2.43. The van der Waals surface area contributed by atoms with Crippen LogP contribution in [-0.4, -0.2) is 32.1 Å². The number of hydrogen-bond acceptors (Lipinski definition) is 4. The molecule has 2 rings (SSSR count). The fourth-order valence-corrected chi connectivity index (χ4v) is 2.49. The Kier molecular flexibility index (Phi) is 6.61. The van der Waals surface area contributed by atoms with E-state index in [0.29, 0.717) is 17.9 Å². The largest absolute Gasteiger partial charge is 0.496 e. The molecule has 2 aromatic carbocycles. The monoisotopic (exact) mass is 329 g/mol. The highest BCUT2D eigenvalue weighted by Crippen LogP contribution is 2.28. The zero-order valence-electron chi connectivity index (χ0n) is 14.1. The van der Waals surface area contributed by atoms with Gasteiger partial charge in [-0.1, -0.05) is 44.0 Å². The van der Waals surface area contributed by atoms with Gasteiger partial charge in [0.25, 0.3) is 5.91 Å². The van der Waals surface area contributed by atoms with Crippen LogP contribution in [0.1, 0.15) is 36.5 Å². The van der Waals surface area contributed by atoms with Gasteiger partial charge in [-0.25, -0.2) is 4.79 Å². The van der Waals surface area contributed by atoms with Crippen LogP contribution >= 0.6 is 0 Å². The van der Waals surface area contributed by atoms with E-state index in [9.17, 15) is 9.59 Å². The van der Waals surface area contributed by atoms with Gasteiger partial charge in [-0.3, -0.25) is 4.79 Å². The molecule has 1 amide bonds. The lowest BCUT2D eigenvalue weighted by atomic mass is 10.0. The normalized spacial score (nSPS) is 10.4. The first-order valence-electron chi connectivity index (χ1n) is 8.17. The number of carbonyl (C=O) groups excluding carboxylic acids is 2. The molecule has 0 fully saturated rings. The molecule has 128 valence electrons. The topological polar surface area (TPSA) is 64.6 Å². The van der Waals surface area contributed by atoms with Gasteiger partial charge in [0, 0.05) is 11.9 Å². The fourth-order valence-electron chi connectivity index (χ4n) is 2.49. The Morgan fingerprint density at radius 3 is 2.50 bits per heavy atom. The maximum atomic E-state index is 12.3. The van der Waals surface area contributed by atoms with E-state index in [0.717, 1.165) is 30.0 Å². The third-order valence-electron chi connectivity index (χ3n) is 3.76. The zero-order valence-corrected chi connectivity index (χ0v) is 14.1. The number of benzene rings is 2. The molecule has 5 nitrogen and oxygen atoms in total. The number of fused-ring (bicyclic) bond motifs is 1. The van der Waals surface area contributed by atoms with Crippen molar-refractivity contribution >= 4 is 22.6 Å². The smallest absolute Gasteiger partial charge is 0.339 e. The van der Waals surface area contributed by atoms with Crippen LogP contribution in [0.4, 0.5) is 0 Å². The zero-order chi connectivity index (χ0) is 17.4. The molecule has 0 atom stereocenters. The highest BCUT2D eigenvalue weighted by molar-refractivity contribution is 6.06. The molecule has 0 saturated carbocycles. The first-order chi connectivity index (χ1) is 11.7. The lowest BCUT2D eigenvalue weighted by molar-refractivity contribution is -0.124. The van der Waals surface area contributed by atoms with E-state index in [-0.39, 0.29) is 12.5 Å². The maximum absolute atomic E-state index is 12.3. The van der Waals surface area contributed by atoms with Crippen LogP contribution in [0.2, 0.25) is 0 Å². The Morgan fingerprint density at radius 2 is 1.79 bits per heavy atom. The van der Waals surface area contributed by atoms with Crippen LogP contribution in [0.15, 0.2) is 36.4 Å². The number of unbranched alkanes of at least 4 members (excludes halogenated alkanes) is 2. The van der Waals surface area contributed by atoms with Gasteiger partial charge in [0.15, 0.2) is 6.61 Å². The predicted molar refractivity (Wildman–Crippen MR) is 93.3 cm³/mol. The molecule has 0 saturated heterocycles. The Balaban J connectivity index is 2.00. The summed E-state index contributed by atoms with van der Waals surface area (Å²) in [5.41, 5.74) is 0.421. The molecule has 0 aliphatic carbocycles. The standard InChI is InChI=1S/C19H23NO4/c1-3-4-7-12-20-18(21)13-24-19(22)16-10-11-17(23-2)15-9-6-5-8-14(15)16/h5-6,8-11H,3-4,7,12-13H2,1-2H3,(H,20,21). The number of rotatable bonds is 8. The highest BCUT2D eigenvalue weighted by Gasteiger charge is 2.15. The molecule has 0 bridgehead atoms. The second-order valence-corrected chi connectivity index (χ2v) is 5.49. The molecule has 0 radical (unpaired) electrons. The van der Waals surface area contributed by atoms with Crippen molar-refractivity contribution in [2.45, 2.75) is 26.2 Å². The highest BCUT2D eigenvalue weighted by atomic mass is 16.5. The van der Waals surface area contributed by atoms with Gasteiger partial charge in [-0.2, -0.15) is 0 Å². The lowest BCUT2D eigenvalue weighted by Gasteiger charge is -2.10. The summed E-state index contributed by atoms with van der Waals surface area (Å²) in [7, 11) is 1.59. The van der Waals surface area contributed by atoms with Crippen molar-refractivity contribution in [3.8, 4) is 5.75 Å². The maximum Gasteiger partial charge on any atom is 0.339 e. The minimum absolute atomic E-state index is 0.273. The molecule has 1 N–H and O–H groups in total. The quantitative estimate of drug-likeness (QED) is 0.596. The average Bonchev–Trinajstić information content (AvgIpc) is 2.62. The molecule has 0 spiro atoms. The van der Waals surface area contributed by atoms with Crippen molar-refractivity contribution in [3.05, 3.63) is 42.0 Å². The second kappa shape index (κ2) is 8.91. The van der Waals surface area contributed by atoms with Crippen LogP contribution < -0.4 is 10.1 Å². The SMILES string of the molecule is CCCCCNC(=O)COC(=O)c1ccc(OC)c2ccccc12. The number of amides is 1. The molecule has 24 heavy (non-hydrogen) atoms. The van der Waals surface area contributed by atoms with Gasteiger partial charge in [-0.15, -0.1) is 0 Å². The van der Waals surface area contributed by atoms with E-state index in [1.807, 2.05) is 24.3 Å². The van der Waals surface area contributed by atoms with Gasteiger partial charge in [-0.05, 0) is 23.9 Å². The van der Waals surface area contributed by atoms with Crippen LogP contribution in [0.3, 0.4) is 0 Å². The number of nitrogens with one attached hydrogen (secondary N) is 1. The van der Waals surface area contributed by atoms with E-state index in [2.05, 4.69) is 12.2 Å². The Morgan fingerprint density at radius 1 is 1.04 bits per heavy atom. The van der Waals surface area contributed by atoms with Crippen molar-refractivity contribution in [1.29, 1.82) is 0 Å². The molecule has 5 heteroatoms. The van der Waals surface area contributed by atoms with Crippen molar-refractivity contribution in [2.75, 3.05) is 20.3 Å². The van der Waals surface area contributed by atoms with E-state index < -0.39 is 5.97 Å². The Labute approximate surface area is 141 Å². The van der Waals surface area contributed by atoms with E-state index in [1.165, 1.54) is 0 Å². The predicted octanol–water partition coefficient (Wildman–Crippen LogP) is 3.31. The average molecular weight is 329 g/mol. The summed E-state index contributed by atoms with van der Waals surface area (Å²) >= 11 is 0. The van der Waals surface area contributed by atoms with Gasteiger partial charge in [0.2, 0.25) is 0 Å². The van der Waals surface area contributed by atoms with E-state index in [1.54, 1.807) is 19.2 Å². The number of methoxy groups -OCH3 is 1. The molecule has 0 aliphatic heterocycles. The van der Waals surface area contributed by atoms with Gasteiger partial charge < -0.3 is 14.8 Å². The Bertz CT molecular complexity index is 712. The minimum Gasteiger partial charge on any atom is -0.496 e. The fraction of sp³-hybridized carbons (Fsp3) is 0.368. The number of carbonyl (C=O) groups is 2. The summed E-state index contributed by atoms with van der Waals surface area (Å²) < 4.78 is 10.4. The number of hydrogen-bond donors (Lipinski definition) is 1. The molecular weight excluding hydrogens is 306 g/mol. The van der Waals surface area contributed by atoms with Gasteiger partial charge in [0.05, 0.1) is 12.7 Å². The summed E-state index contributed by atoms with van der Waals surface area (Å²) in [4.78, 5) is 24.0. The first-order valence-corrected chi connectivity index (χ1v) is 8.17. The molecule has 0 aliphatic rings. The molecule has 0 aromatic heterocycles. The van der Waals surface area contributed by atoms with Crippen LogP contribution in [0.5, 0.6) is 5.75 Å². The third kappa shape index (κ3) is 4.47. The van der Waals surface area contributed by atoms with E-state index in [4.69, 9.17) is 9.47 Å². The van der Waals surface area contributed by atoms with Gasteiger partial charge >= 0.3 is 5.97 Å². The first kappa shape index (κ1) is 17.8. The van der Waals surface area contributed by atoms with Crippen molar-refractivity contribution < 1.29 is 19.1 Å². The molecule has 2 aromatic rings. The molecule has 0 heterocycles. The molecule has 0 unspecified atom stereocenters. The summed E-state index contributed by atoms with van der Waals surface area (Å²) in [5.74, 6) is -0.106. The van der Waals surface area contributed by atoms with Crippen LogP contribution in [0, 0.1) is 0 Å². The minimum atomic E-state index is -0.516. The molecular formula is C19H23NO4. The van der Waals surface area contributed by atoms with E-state index >= 15 is 0 Å². The summed E-state index contributed by atoms with van der Waals surface area (Å²) in [5, 5.41) is 4.32. The summed E-state index contributed by atoms with van der Waals surface area (Å²) in [6.07, 6.45) is 3.09.